The van der Waals surface area contributed by atoms with Gasteiger partial charge in [-0.05, 0) is 48.4 Å². The molecule has 0 aliphatic carbocycles. The van der Waals surface area contributed by atoms with Crippen LogP contribution in [-0.2, 0) is 4.79 Å². The highest BCUT2D eigenvalue weighted by Crippen LogP contribution is 2.24. The van der Waals surface area contributed by atoms with Gasteiger partial charge < -0.3 is 4.90 Å². The van der Waals surface area contributed by atoms with E-state index in [0.717, 1.165) is 31.4 Å². The molecule has 4 nitrogen and oxygen atoms in total. The largest absolute Gasteiger partial charge is 0.346 e. The SMILES string of the molecule is CC(CC(=O)N(C)CCCC1CC(c2ccccc2)NN1)c1ccc(F)cc1. The molecule has 1 heterocycles. The summed E-state index contributed by atoms with van der Waals surface area (Å²) in [5.74, 6) is -0.0247. The van der Waals surface area contributed by atoms with Crippen LogP contribution in [0, 0.1) is 5.82 Å². The van der Waals surface area contributed by atoms with Crippen LogP contribution in [0.5, 0.6) is 0 Å². The summed E-state index contributed by atoms with van der Waals surface area (Å²) in [4.78, 5) is 14.3. The van der Waals surface area contributed by atoms with Gasteiger partial charge in [-0.2, -0.15) is 0 Å². The van der Waals surface area contributed by atoms with Crippen LogP contribution in [0.4, 0.5) is 4.39 Å². The van der Waals surface area contributed by atoms with Gasteiger partial charge in [0.2, 0.25) is 5.91 Å². The fourth-order valence-corrected chi connectivity index (χ4v) is 3.74. The number of benzene rings is 2. The molecule has 3 atom stereocenters. The van der Waals surface area contributed by atoms with E-state index in [9.17, 15) is 9.18 Å². The quantitative estimate of drug-likeness (QED) is 0.719. The number of hydrogen-bond donors (Lipinski definition) is 2. The van der Waals surface area contributed by atoms with Gasteiger partial charge >= 0.3 is 0 Å². The van der Waals surface area contributed by atoms with Crippen LogP contribution in [0.15, 0.2) is 54.6 Å². The number of carbonyl (C=O) groups is 1. The van der Waals surface area contributed by atoms with Gasteiger partial charge in [0.1, 0.15) is 5.82 Å². The first-order valence-electron chi connectivity index (χ1n) is 10.1. The van der Waals surface area contributed by atoms with Crippen molar-refractivity contribution in [3.8, 4) is 0 Å². The molecule has 150 valence electrons. The molecule has 3 unspecified atom stereocenters. The van der Waals surface area contributed by atoms with Crippen molar-refractivity contribution in [3.05, 3.63) is 71.5 Å². The molecule has 1 aliphatic rings. The van der Waals surface area contributed by atoms with Gasteiger partial charge in [-0.25, -0.2) is 4.39 Å². The molecule has 1 aliphatic heterocycles. The van der Waals surface area contributed by atoms with Crippen LogP contribution in [-0.4, -0.2) is 30.4 Å². The van der Waals surface area contributed by atoms with Crippen molar-refractivity contribution in [2.24, 2.45) is 0 Å². The molecule has 2 aromatic carbocycles. The predicted molar refractivity (Wildman–Crippen MR) is 110 cm³/mol. The Morgan fingerprint density at radius 3 is 2.57 bits per heavy atom. The number of halogens is 1. The number of carbonyl (C=O) groups excluding carboxylic acids is 1. The van der Waals surface area contributed by atoms with Gasteiger partial charge in [0.25, 0.3) is 0 Å². The maximum atomic E-state index is 13.0. The second-order valence-corrected chi connectivity index (χ2v) is 7.80. The minimum Gasteiger partial charge on any atom is -0.346 e. The third-order valence-electron chi connectivity index (χ3n) is 5.58. The topological polar surface area (TPSA) is 44.4 Å². The zero-order chi connectivity index (χ0) is 19.9. The molecule has 5 heteroatoms. The average Bonchev–Trinajstić information content (AvgIpc) is 3.18. The van der Waals surface area contributed by atoms with Crippen molar-refractivity contribution >= 4 is 5.91 Å². The van der Waals surface area contributed by atoms with Gasteiger partial charge in [-0.1, -0.05) is 49.4 Å². The molecule has 2 N–H and O–H groups in total. The van der Waals surface area contributed by atoms with Crippen LogP contribution in [0.3, 0.4) is 0 Å². The second kappa shape index (κ2) is 9.80. The van der Waals surface area contributed by atoms with Crippen LogP contribution in [0.1, 0.15) is 55.7 Å². The van der Waals surface area contributed by atoms with Gasteiger partial charge in [0.15, 0.2) is 0 Å². The Labute approximate surface area is 167 Å². The molecule has 0 saturated carbocycles. The lowest BCUT2D eigenvalue weighted by atomic mass is 9.97. The Kier molecular flexibility index (Phi) is 7.18. The van der Waals surface area contributed by atoms with E-state index in [1.165, 1.54) is 17.7 Å². The second-order valence-electron chi connectivity index (χ2n) is 7.80. The summed E-state index contributed by atoms with van der Waals surface area (Å²) in [6.07, 6.45) is 3.50. The summed E-state index contributed by atoms with van der Waals surface area (Å²) >= 11 is 0. The number of rotatable bonds is 8. The normalized spacial score (nSPS) is 20.1. The summed E-state index contributed by atoms with van der Waals surface area (Å²) in [6.45, 7) is 2.76. The minimum atomic E-state index is -0.246. The molecule has 0 spiro atoms. The van der Waals surface area contributed by atoms with Crippen molar-refractivity contribution in [1.82, 2.24) is 15.8 Å². The van der Waals surface area contributed by atoms with Gasteiger partial charge in [0.05, 0.1) is 0 Å². The number of hydrogen-bond acceptors (Lipinski definition) is 3. The van der Waals surface area contributed by atoms with E-state index in [-0.39, 0.29) is 17.6 Å². The lowest BCUT2D eigenvalue weighted by molar-refractivity contribution is -0.130. The molecule has 1 fully saturated rings. The van der Waals surface area contributed by atoms with E-state index in [1.54, 1.807) is 12.1 Å². The fourth-order valence-electron chi connectivity index (χ4n) is 3.74. The summed E-state index contributed by atoms with van der Waals surface area (Å²) < 4.78 is 13.0. The van der Waals surface area contributed by atoms with E-state index < -0.39 is 0 Å². The first-order valence-corrected chi connectivity index (χ1v) is 10.1. The van der Waals surface area contributed by atoms with E-state index >= 15 is 0 Å². The minimum absolute atomic E-state index is 0.0860. The van der Waals surface area contributed by atoms with E-state index in [4.69, 9.17) is 0 Å². The average molecular weight is 384 g/mol. The number of amides is 1. The smallest absolute Gasteiger partial charge is 0.222 e. The molecule has 0 aromatic heterocycles. The summed E-state index contributed by atoms with van der Waals surface area (Å²) in [7, 11) is 1.87. The summed E-state index contributed by atoms with van der Waals surface area (Å²) in [5, 5.41) is 0. The van der Waals surface area contributed by atoms with E-state index in [1.807, 2.05) is 24.9 Å². The molecule has 3 rings (SSSR count). The molecule has 1 saturated heterocycles. The number of nitrogens with zero attached hydrogens (tertiary/aromatic N) is 1. The maximum absolute atomic E-state index is 13.0. The van der Waals surface area contributed by atoms with Crippen molar-refractivity contribution < 1.29 is 9.18 Å². The molecule has 28 heavy (non-hydrogen) atoms. The lowest BCUT2D eigenvalue weighted by Crippen LogP contribution is -2.32. The van der Waals surface area contributed by atoms with Crippen molar-refractivity contribution in [2.75, 3.05) is 13.6 Å². The first-order chi connectivity index (χ1) is 13.5. The summed E-state index contributed by atoms with van der Waals surface area (Å²) in [6, 6.07) is 17.7. The van der Waals surface area contributed by atoms with Crippen molar-refractivity contribution in [2.45, 2.75) is 50.6 Å². The molecule has 1 amide bonds. The fraction of sp³-hybridized carbons (Fsp3) is 0.435. The highest BCUT2D eigenvalue weighted by atomic mass is 19.1. The molecule has 0 radical (unpaired) electrons. The third kappa shape index (κ3) is 5.63. The zero-order valence-electron chi connectivity index (χ0n) is 16.7. The maximum Gasteiger partial charge on any atom is 0.222 e. The van der Waals surface area contributed by atoms with Crippen molar-refractivity contribution in [1.29, 1.82) is 0 Å². The molecular formula is C23H30FN3O. The Balaban J connectivity index is 1.37. The predicted octanol–water partition coefficient (Wildman–Crippen LogP) is 4.17. The van der Waals surface area contributed by atoms with Crippen LogP contribution >= 0.6 is 0 Å². The molecule has 2 aromatic rings. The Bertz CT molecular complexity index is 750. The van der Waals surface area contributed by atoms with Gasteiger partial charge in [-0.3, -0.25) is 15.6 Å². The Morgan fingerprint density at radius 2 is 1.86 bits per heavy atom. The Hall–Kier alpha value is -2.24. The van der Waals surface area contributed by atoms with Crippen LogP contribution in [0.25, 0.3) is 0 Å². The standard InChI is InChI=1S/C23H30FN3O/c1-17(18-10-12-20(24)13-11-18)15-23(28)27(2)14-6-9-21-16-22(26-25-21)19-7-4-3-5-8-19/h3-5,7-8,10-13,17,21-22,25-26H,6,9,14-16H2,1-2H3. The molecular weight excluding hydrogens is 353 g/mol. The van der Waals surface area contributed by atoms with Gasteiger partial charge in [0, 0.05) is 32.1 Å². The van der Waals surface area contributed by atoms with Gasteiger partial charge in [-0.15, -0.1) is 0 Å². The van der Waals surface area contributed by atoms with E-state index in [2.05, 4.69) is 35.1 Å². The molecule has 0 bridgehead atoms. The van der Waals surface area contributed by atoms with E-state index in [0.29, 0.717) is 18.5 Å². The zero-order valence-corrected chi connectivity index (χ0v) is 16.7. The number of hydrazine groups is 1. The van der Waals surface area contributed by atoms with Crippen molar-refractivity contribution in [3.63, 3.8) is 0 Å². The number of nitrogens with one attached hydrogen (secondary N) is 2. The first kappa shape index (κ1) is 20.5. The van der Waals surface area contributed by atoms with Crippen LogP contribution in [0.2, 0.25) is 0 Å². The summed E-state index contributed by atoms with van der Waals surface area (Å²) in [5.41, 5.74) is 9.06. The monoisotopic (exact) mass is 383 g/mol. The van der Waals surface area contributed by atoms with Crippen LogP contribution < -0.4 is 10.9 Å². The lowest BCUT2D eigenvalue weighted by Gasteiger charge is -2.20. The Morgan fingerprint density at radius 1 is 1.14 bits per heavy atom. The third-order valence-corrected chi connectivity index (χ3v) is 5.58. The highest BCUT2D eigenvalue weighted by Gasteiger charge is 2.24. The highest BCUT2D eigenvalue weighted by molar-refractivity contribution is 5.76.